The molecule has 8 heteroatoms. The fourth-order valence-corrected chi connectivity index (χ4v) is 1.52. The summed E-state index contributed by atoms with van der Waals surface area (Å²) in [6.07, 6.45) is 0. The minimum absolute atomic E-state index is 0.332. The van der Waals surface area contributed by atoms with Crippen LogP contribution in [0.2, 0.25) is 5.02 Å². The van der Waals surface area contributed by atoms with Crippen LogP contribution in [0.25, 0.3) is 0 Å². The average Bonchev–Trinajstić information content (AvgIpc) is 2.74. The van der Waals surface area contributed by atoms with E-state index in [4.69, 9.17) is 17.3 Å². The summed E-state index contributed by atoms with van der Waals surface area (Å²) in [4.78, 5) is 11.7. The molecular formula is C8H6ClN5OS. The van der Waals surface area contributed by atoms with Gasteiger partial charge in [0.15, 0.2) is 0 Å². The van der Waals surface area contributed by atoms with E-state index in [0.717, 1.165) is 11.5 Å². The maximum Gasteiger partial charge on any atom is 0.257 e. The first kappa shape index (κ1) is 10.8. The number of nitrogen functional groups attached to an aromatic ring is 1. The number of nitrogens with zero attached hydrogens (tertiary/aromatic N) is 3. The van der Waals surface area contributed by atoms with Crippen molar-refractivity contribution in [3.05, 3.63) is 28.8 Å². The van der Waals surface area contributed by atoms with E-state index >= 15 is 0 Å². The Morgan fingerprint density at radius 2 is 2.31 bits per heavy atom. The monoisotopic (exact) mass is 255 g/mol. The van der Waals surface area contributed by atoms with Gasteiger partial charge in [-0.05, 0) is 23.4 Å². The van der Waals surface area contributed by atoms with Gasteiger partial charge in [0.05, 0.1) is 10.7 Å². The zero-order chi connectivity index (χ0) is 11.5. The van der Waals surface area contributed by atoms with Gasteiger partial charge in [-0.3, -0.25) is 10.1 Å². The van der Waals surface area contributed by atoms with Gasteiger partial charge in [-0.2, -0.15) is 0 Å². The Kier molecular flexibility index (Phi) is 2.97. The number of benzene rings is 1. The first-order valence-electron chi connectivity index (χ1n) is 4.18. The molecule has 0 aliphatic carbocycles. The molecule has 0 saturated carbocycles. The van der Waals surface area contributed by atoms with E-state index in [1.165, 1.54) is 6.07 Å². The average molecular weight is 256 g/mol. The molecule has 1 heterocycles. The second-order valence-corrected chi connectivity index (χ2v) is 4.00. The minimum Gasteiger partial charge on any atom is -0.398 e. The molecule has 6 nitrogen and oxygen atoms in total. The van der Waals surface area contributed by atoms with Crippen LogP contribution in [0.4, 0.5) is 10.8 Å². The van der Waals surface area contributed by atoms with Gasteiger partial charge in [0, 0.05) is 17.1 Å². The van der Waals surface area contributed by atoms with Crippen LogP contribution in [-0.4, -0.2) is 20.7 Å². The number of nitrogens with one attached hydrogen (secondary N) is 1. The number of amides is 1. The highest BCUT2D eigenvalue weighted by atomic mass is 35.5. The first-order chi connectivity index (χ1) is 7.66. The Labute approximate surface area is 99.6 Å². The number of aromatic nitrogens is 3. The van der Waals surface area contributed by atoms with Gasteiger partial charge < -0.3 is 5.73 Å². The molecule has 0 bridgehead atoms. The lowest BCUT2D eigenvalue weighted by molar-refractivity contribution is 0.102. The van der Waals surface area contributed by atoms with E-state index in [1.54, 1.807) is 12.1 Å². The van der Waals surface area contributed by atoms with Crippen LogP contribution in [0.15, 0.2) is 18.2 Å². The molecule has 2 rings (SSSR count). The molecule has 0 aliphatic rings. The molecule has 0 fully saturated rings. The minimum atomic E-state index is -0.332. The van der Waals surface area contributed by atoms with Crippen molar-refractivity contribution in [2.45, 2.75) is 0 Å². The van der Waals surface area contributed by atoms with E-state index in [9.17, 15) is 4.79 Å². The molecule has 82 valence electrons. The number of carbonyl (C=O) groups is 1. The van der Waals surface area contributed by atoms with Crippen molar-refractivity contribution in [3.8, 4) is 0 Å². The van der Waals surface area contributed by atoms with Gasteiger partial charge >= 0.3 is 0 Å². The van der Waals surface area contributed by atoms with E-state index < -0.39 is 0 Å². The number of nitrogens with two attached hydrogens (primary N) is 1. The molecule has 1 aromatic carbocycles. The number of hydrogen-bond acceptors (Lipinski definition) is 6. The van der Waals surface area contributed by atoms with Crippen LogP contribution in [-0.2, 0) is 0 Å². The van der Waals surface area contributed by atoms with Crippen molar-refractivity contribution >= 4 is 39.9 Å². The van der Waals surface area contributed by atoms with Gasteiger partial charge in [-0.15, -0.1) is 0 Å². The standard InChI is InChI=1S/C8H6ClN5OS/c9-5-2-1-4(3-6(5)10)7(15)11-8-12-13-14-16-8/h1-3H,10H2,(H,11,12,14,15). The lowest BCUT2D eigenvalue weighted by Gasteiger charge is -2.02. The summed E-state index contributed by atoms with van der Waals surface area (Å²) in [6.45, 7) is 0. The van der Waals surface area contributed by atoms with Crippen molar-refractivity contribution < 1.29 is 4.79 Å². The zero-order valence-corrected chi connectivity index (χ0v) is 9.42. The number of anilines is 2. The predicted octanol–water partition coefficient (Wildman–Crippen LogP) is 1.42. The summed E-state index contributed by atoms with van der Waals surface area (Å²) in [5, 5.41) is 10.2. The molecule has 1 aromatic heterocycles. The van der Waals surface area contributed by atoms with Crippen molar-refractivity contribution in [1.82, 2.24) is 14.8 Å². The molecule has 0 spiro atoms. The van der Waals surface area contributed by atoms with Crippen LogP contribution in [0.3, 0.4) is 0 Å². The van der Waals surface area contributed by atoms with Gasteiger partial charge in [0.25, 0.3) is 5.91 Å². The van der Waals surface area contributed by atoms with Crippen LogP contribution in [0.5, 0.6) is 0 Å². The van der Waals surface area contributed by atoms with Crippen LogP contribution >= 0.6 is 23.1 Å². The molecule has 0 atom stereocenters. The normalized spacial score (nSPS) is 10.1. The van der Waals surface area contributed by atoms with Gasteiger partial charge in [-0.25, -0.2) is 0 Å². The Hall–Kier alpha value is -1.73. The highest BCUT2D eigenvalue weighted by molar-refractivity contribution is 7.09. The lowest BCUT2D eigenvalue weighted by Crippen LogP contribution is -2.12. The maximum atomic E-state index is 11.7. The van der Waals surface area contributed by atoms with Gasteiger partial charge in [0.1, 0.15) is 0 Å². The van der Waals surface area contributed by atoms with E-state index in [-0.39, 0.29) is 5.91 Å². The summed E-state index contributed by atoms with van der Waals surface area (Å²) >= 11 is 6.73. The second-order valence-electron chi connectivity index (χ2n) is 2.86. The zero-order valence-electron chi connectivity index (χ0n) is 7.85. The maximum absolute atomic E-state index is 11.7. The summed E-state index contributed by atoms with van der Waals surface area (Å²) < 4.78 is 3.52. The third-order valence-corrected chi connectivity index (χ3v) is 2.63. The highest BCUT2D eigenvalue weighted by Gasteiger charge is 2.09. The lowest BCUT2D eigenvalue weighted by atomic mass is 10.2. The first-order valence-corrected chi connectivity index (χ1v) is 5.33. The highest BCUT2D eigenvalue weighted by Crippen LogP contribution is 2.20. The van der Waals surface area contributed by atoms with Crippen LogP contribution < -0.4 is 11.1 Å². The molecule has 0 aliphatic heterocycles. The molecule has 2 aromatic rings. The molecule has 1 amide bonds. The van der Waals surface area contributed by atoms with Crippen LogP contribution in [0, 0.1) is 0 Å². The fourth-order valence-electron chi connectivity index (χ4n) is 1.04. The fraction of sp³-hybridized carbons (Fsp3) is 0. The van der Waals surface area contributed by atoms with Crippen molar-refractivity contribution in [1.29, 1.82) is 0 Å². The summed E-state index contributed by atoms with van der Waals surface area (Å²) in [6, 6.07) is 4.62. The van der Waals surface area contributed by atoms with Crippen LogP contribution in [0.1, 0.15) is 10.4 Å². The quantitative estimate of drug-likeness (QED) is 0.792. The molecule has 0 unspecified atom stereocenters. The smallest absolute Gasteiger partial charge is 0.257 e. The summed E-state index contributed by atoms with van der Waals surface area (Å²) in [5.74, 6) is -0.332. The number of hydrogen-bond donors (Lipinski definition) is 2. The predicted molar refractivity (Wildman–Crippen MR) is 61.5 cm³/mol. The summed E-state index contributed by atoms with van der Waals surface area (Å²) in [7, 11) is 0. The largest absolute Gasteiger partial charge is 0.398 e. The van der Waals surface area contributed by atoms with E-state index in [1.807, 2.05) is 0 Å². The molecule has 0 radical (unpaired) electrons. The number of halogens is 1. The SMILES string of the molecule is Nc1cc(C(=O)Nc2nnns2)ccc1Cl. The van der Waals surface area contributed by atoms with Gasteiger partial charge in [0.2, 0.25) is 5.13 Å². The van der Waals surface area contributed by atoms with E-state index in [0.29, 0.717) is 21.4 Å². The third kappa shape index (κ3) is 2.26. The Bertz CT molecular complexity index is 515. The molecule has 16 heavy (non-hydrogen) atoms. The molecular weight excluding hydrogens is 250 g/mol. The Morgan fingerprint density at radius 1 is 1.50 bits per heavy atom. The Morgan fingerprint density at radius 3 is 2.94 bits per heavy atom. The van der Waals surface area contributed by atoms with Crippen molar-refractivity contribution in [2.75, 3.05) is 11.1 Å². The molecule has 0 saturated heterocycles. The second kappa shape index (κ2) is 4.42. The van der Waals surface area contributed by atoms with Crippen molar-refractivity contribution in [3.63, 3.8) is 0 Å². The third-order valence-electron chi connectivity index (χ3n) is 1.78. The number of carbonyl (C=O) groups excluding carboxylic acids is 1. The van der Waals surface area contributed by atoms with Crippen molar-refractivity contribution in [2.24, 2.45) is 0 Å². The topological polar surface area (TPSA) is 93.8 Å². The van der Waals surface area contributed by atoms with E-state index in [2.05, 4.69) is 20.1 Å². The Balaban J connectivity index is 2.18. The number of rotatable bonds is 2. The summed E-state index contributed by atoms with van der Waals surface area (Å²) in [5.41, 5.74) is 6.33. The molecule has 3 N–H and O–H groups in total. The van der Waals surface area contributed by atoms with Gasteiger partial charge in [-0.1, -0.05) is 21.2 Å².